The van der Waals surface area contributed by atoms with Gasteiger partial charge >= 0.3 is 0 Å². The summed E-state index contributed by atoms with van der Waals surface area (Å²) in [5, 5.41) is 10.1. The number of rotatable bonds is 5. The van der Waals surface area contributed by atoms with Gasteiger partial charge in [0.05, 0.1) is 23.1 Å². The van der Waals surface area contributed by atoms with Crippen LogP contribution in [0, 0.1) is 12.8 Å². The molecule has 6 nitrogen and oxygen atoms in total. The fraction of sp³-hybridized carbons (Fsp3) is 0.750. The van der Waals surface area contributed by atoms with Crippen LogP contribution in [0.1, 0.15) is 10.6 Å². The number of hydrogen-bond donors (Lipinski definition) is 1. The third-order valence-corrected chi connectivity index (χ3v) is 6.56. The third-order valence-electron chi connectivity index (χ3n) is 3.68. The van der Waals surface area contributed by atoms with Crippen molar-refractivity contribution in [2.24, 2.45) is 5.92 Å². The fourth-order valence-electron chi connectivity index (χ4n) is 2.34. The van der Waals surface area contributed by atoms with Crippen molar-refractivity contribution in [3.63, 3.8) is 0 Å². The first-order valence-corrected chi connectivity index (χ1v) is 8.98. The molecule has 0 aromatic carbocycles. The minimum Gasteiger partial charge on any atom is -0.391 e. The molecule has 2 atom stereocenters. The number of aryl methyl sites for hydroxylation is 1. The van der Waals surface area contributed by atoms with Gasteiger partial charge in [0.15, 0.2) is 0 Å². The Hall–Kier alpha value is -0.540. The van der Waals surface area contributed by atoms with E-state index >= 15 is 0 Å². The fourth-order valence-corrected chi connectivity index (χ4v) is 4.32. The molecule has 2 heterocycles. The summed E-state index contributed by atoms with van der Waals surface area (Å²) in [6, 6.07) is 0. The average Bonchev–Trinajstić information content (AvgIpc) is 2.87. The molecule has 1 aliphatic rings. The number of sulfonamides is 1. The van der Waals surface area contributed by atoms with Crippen LogP contribution in [-0.4, -0.2) is 66.8 Å². The Morgan fingerprint density at radius 1 is 1.50 bits per heavy atom. The number of aromatic nitrogens is 1. The van der Waals surface area contributed by atoms with Gasteiger partial charge in [0, 0.05) is 44.5 Å². The van der Waals surface area contributed by atoms with Gasteiger partial charge in [-0.1, -0.05) is 0 Å². The van der Waals surface area contributed by atoms with Gasteiger partial charge in [0.25, 0.3) is 0 Å². The summed E-state index contributed by atoms with van der Waals surface area (Å²) >= 11 is 1.60. The molecule has 0 aliphatic carbocycles. The van der Waals surface area contributed by atoms with Crippen LogP contribution in [0.3, 0.4) is 0 Å². The smallest absolute Gasteiger partial charge is 0.214 e. The van der Waals surface area contributed by atoms with Crippen molar-refractivity contribution in [3.05, 3.63) is 16.1 Å². The number of β-amino-alcohol motifs (C(OH)–C–C–N with tert-alkyl or cyclic N) is 1. The highest BCUT2D eigenvalue weighted by molar-refractivity contribution is 7.89. The maximum atomic E-state index is 11.9. The summed E-state index contributed by atoms with van der Waals surface area (Å²) < 4.78 is 25.0. The van der Waals surface area contributed by atoms with Crippen LogP contribution in [0.2, 0.25) is 0 Å². The van der Waals surface area contributed by atoms with E-state index in [1.165, 1.54) is 23.3 Å². The van der Waals surface area contributed by atoms with E-state index in [1.807, 2.05) is 12.4 Å². The van der Waals surface area contributed by atoms with Crippen molar-refractivity contribution < 1.29 is 13.5 Å². The molecule has 0 radical (unpaired) electrons. The van der Waals surface area contributed by atoms with Crippen molar-refractivity contribution in [1.82, 2.24) is 14.2 Å². The summed E-state index contributed by atoms with van der Waals surface area (Å²) in [4.78, 5) is 7.48. The van der Waals surface area contributed by atoms with E-state index in [9.17, 15) is 13.5 Å². The van der Waals surface area contributed by atoms with Crippen molar-refractivity contribution >= 4 is 21.4 Å². The standard InChI is InChI=1S/C12H21N3O3S2/c1-9-12(19-8-13-9)6-15-4-10(11(16)5-15)7-20(17,18)14(2)3/h8,10-11,16H,4-7H2,1-3H3/t10-,11-/m0/s1. The molecule has 8 heteroatoms. The van der Waals surface area contributed by atoms with Gasteiger partial charge in [-0.15, -0.1) is 11.3 Å². The van der Waals surface area contributed by atoms with Gasteiger partial charge < -0.3 is 5.11 Å². The van der Waals surface area contributed by atoms with Crippen molar-refractivity contribution in [2.75, 3.05) is 32.9 Å². The van der Waals surface area contributed by atoms with E-state index in [4.69, 9.17) is 0 Å². The highest BCUT2D eigenvalue weighted by Crippen LogP contribution is 2.23. The summed E-state index contributed by atoms with van der Waals surface area (Å²) in [7, 11) is -0.225. The molecule has 1 aromatic rings. The van der Waals surface area contributed by atoms with Gasteiger partial charge in [-0.25, -0.2) is 17.7 Å². The molecule has 20 heavy (non-hydrogen) atoms. The second-order valence-corrected chi connectivity index (χ2v) is 8.61. The molecule has 1 fully saturated rings. The number of nitrogens with zero attached hydrogens (tertiary/aromatic N) is 3. The zero-order valence-corrected chi connectivity index (χ0v) is 13.6. The number of thiazole rings is 1. The first-order chi connectivity index (χ1) is 9.29. The predicted molar refractivity (Wildman–Crippen MR) is 79.1 cm³/mol. The Morgan fingerprint density at radius 3 is 2.75 bits per heavy atom. The zero-order chi connectivity index (χ0) is 14.9. The van der Waals surface area contributed by atoms with Crippen LogP contribution in [0.4, 0.5) is 0 Å². The van der Waals surface area contributed by atoms with Crippen LogP contribution in [0.25, 0.3) is 0 Å². The van der Waals surface area contributed by atoms with Gasteiger partial charge in [0.2, 0.25) is 10.0 Å². The first kappa shape index (κ1) is 15.8. The molecule has 1 aliphatic heterocycles. The largest absolute Gasteiger partial charge is 0.391 e. The number of likely N-dealkylation sites (tertiary alicyclic amines) is 1. The van der Waals surface area contributed by atoms with Gasteiger partial charge in [-0.3, -0.25) is 4.90 Å². The summed E-state index contributed by atoms with van der Waals surface area (Å²) in [6.07, 6.45) is -0.585. The van der Waals surface area contributed by atoms with Crippen LogP contribution >= 0.6 is 11.3 Å². The molecule has 1 N–H and O–H groups in total. The average molecular weight is 319 g/mol. The zero-order valence-electron chi connectivity index (χ0n) is 12.0. The quantitative estimate of drug-likeness (QED) is 0.835. The molecule has 114 valence electrons. The molecule has 2 rings (SSSR count). The molecular formula is C12H21N3O3S2. The highest BCUT2D eigenvalue weighted by Gasteiger charge is 2.35. The topological polar surface area (TPSA) is 73.7 Å². The second-order valence-electron chi connectivity index (χ2n) is 5.44. The summed E-state index contributed by atoms with van der Waals surface area (Å²) in [5.41, 5.74) is 2.82. The second kappa shape index (κ2) is 6.07. The predicted octanol–water partition coefficient (Wildman–Crippen LogP) is 0.136. The van der Waals surface area contributed by atoms with E-state index in [0.717, 1.165) is 12.2 Å². The molecule has 1 saturated heterocycles. The van der Waals surface area contributed by atoms with Crippen molar-refractivity contribution in [2.45, 2.75) is 19.6 Å². The minimum absolute atomic E-state index is 0.000655. The lowest BCUT2D eigenvalue weighted by molar-refractivity contribution is 0.148. The highest BCUT2D eigenvalue weighted by atomic mass is 32.2. The monoisotopic (exact) mass is 319 g/mol. The molecule has 0 amide bonds. The first-order valence-electron chi connectivity index (χ1n) is 6.49. The Bertz CT molecular complexity index is 556. The third kappa shape index (κ3) is 3.56. The molecule has 0 saturated carbocycles. The van der Waals surface area contributed by atoms with Gasteiger partial charge in [-0.2, -0.15) is 0 Å². The molecule has 0 spiro atoms. The maximum absolute atomic E-state index is 11.9. The number of aliphatic hydroxyl groups is 1. The van der Waals surface area contributed by atoms with E-state index in [-0.39, 0.29) is 11.7 Å². The summed E-state index contributed by atoms with van der Waals surface area (Å²) in [5.74, 6) is -0.227. The lowest BCUT2D eigenvalue weighted by atomic mass is 10.1. The SMILES string of the molecule is Cc1ncsc1CN1C[C@@H](CS(=O)(=O)N(C)C)[C@@H](O)C1. The van der Waals surface area contributed by atoms with Gasteiger partial charge in [0.1, 0.15) is 0 Å². The van der Waals surface area contributed by atoms with Crippen LogP contribution in [0.5, 0.6) is 0 Å². The number of hydrogen-bond acceptors (Lipinski definition) is 6. The summed E-state index contributed by atoms with van der Waals surface area (Å²) in [6.45, 7) is 3.81. The number of aliphatic hydroxyl groups excluding tert-OH is 1. The Labute approximate surface area is 124 Å². The van der Waals surface area contributed by atoms with Crippen molar-refractivity contribution in [3.8, 4) is 0 Å². The lowest BCUT2D eigenvalue weighted by Gasteiger charge is -2.17. The van der Waals surface area contributed by atoms with Crippen molar-refractivity contribution in [1.29, 1.82) is 0 Å². The van der Waals surface area contributed by atoms with E-state index in [0.29, 0.717) is 13.1 Å². The Balaban J connectivity index is 1.97. The van der Waals surface area contributed by atoms with Crippen LogP contribution in [-0.2, 0) is 16.6 Å². The van der Waals surface area contributed by atoms with Gasteiger partial charge in [-0.05, 0) is 6.92 Å². The lowest BCUT2D eigenvalue weighted by Crippen LogP contribution is -2.33. The van der Waals surface area contributed by atoms with Crippen LogP contribution in [0.15, 0.2) is 5.51 Å². The Morgan fingerprint density at radius 2 is 2.20 bits per heavy atom. The molecule has 0 unspecified atom stereocenters. The van der Waals surface area contributed by atoms with Crippen LogP contribution < -0.4 is 0 Å². The maximum Gasteiger partial charge on any atom is 0.214 e. The molecular weight excluding hydrogens is 298 g/mol. The Kier molecular flexibility index (Phi) is 4.80. The minimum atomic E-state index is -3.27. The van der Waals surface area contributed by atoms with E-state index in [1.54, 1.807) is 11.3 Å². The van der Waals surface area contributed by atoms with E-state index in [2.05, 4.69) is 9.88 Å². The molecule has 0 bridgehead atoms. The normalized spacial score (nSPS) is 24.6. The van der Waals surface area contributed by atoms with E-state index < -0.39 is 16.1 Å². The molecule has 1 aromatic heterocycles.